The van der Waals surface area contributed by atoms with Crippen molar-refractivity contribution in [2.75, 3.05) is 6.54 Å². The number of benzene rings is 1. The lowest BCUT2D eigenvalue weighted by Gasteiger charge is -2.11. The van der Waals surface area contributed by atoms with Crippen LogP contribution in [0.3, 0.4) is 0 Å². The van der Waals surface area contributed by atoms with Crippen LogP contribution in [0.5, 0.6) is 0 Å². The van der Waals surface area contributed by atoms with Gasteiger partial charge in [0.2, 0.25) is 0 Å². The summed E-state index contributed by atoms with van der Waals surface area (Å²) in [7, 11) is 0. The van der Waals surface area contributed by atoms with Crippen LogP contribution in [0.15, 0.2) is 37.5 Å². The lowest BCUT2D eigenvalue weighted by atomic mass is 10.1. The van der Waals surface area contributed by atoms with Gasteiger partial charge >= 0.3 is 5.69 Å². The lowest BCUT2D eigenvalue weighted by molar-refractivity contribution is 0.534. The quantitative estimate of drug-likeness (QED) is 0.862. The highest BCUT2D eigenvalue weighted by Crippen LogP contribution is 2.32. The normalized spacial score (nSPS) is 11.2. The number of nitrogens with zero attached hydrogens (tertiary/aromatic N) is 2. The Morgan fingerprint density at radius 2 is 2.25 bits per heavy atom. The third kappa shape index (κ3) is 3.34. The molecule has 0 aliphatic carbocycles. The van der Waals surface area contributed by atoms with Crippen LogP contribution in [-0.4, -0.2) is 21.3 Å². The second-order valence-electron chi connectivity index (χ2n) is 4.67. The van der Waals surface area contributed by atoms with E-state index in [1.807, 2.05) is 32.0 Å². The van der Waals surface area contributed by atoms with E-state index in [2.05, 4.69) is 26.1 Å². The maximum absolute atomic E-state index is 11.8. The SMILES string of the molecule is CC(C)n1c(Sc2cc(Br)ccc2CCN)n[nH]c1=O. The van der Waals surface area contributed by atoms with Crippen LogP contribution in [0.1, 0.15) is 25.5 Å². The number of hydrogen-bond donors (Lipinski definition) is 2. The molecule has 0 radical (unpaired) electrons. The van der Waals surface area contributed by atoms with Crippen molar-refractivity contribution in [1.82, 2.24) is 14.8 Å². The van der Waals surface area contributed by atoms with Crippen molar-refractivity contribution in [2.45, 2.75) is 36.4 Å². The van der Waals surface area contributed by atoms with E-state index in [1.54, 1.807) is 4.57 Å². The van der Waals surface area contributed by atoms with Gasteiger partial charge in [0.15, 0.2) is 5.16 Å². The highest BCUT2D eigenvalue weighted by atomic mass is 79.9. The van der Waals surface area contributed by atoms with Gasteiger partial charge in [-0.15, -0.1) is 5.10 Å². The summed E-state index contributed by atoms with van der Waals surface area (Å²) >= 11 is 4.95. The first kappa shape index (κ1) is 15.3. The molecule has 0 fully saturated rings. The summed E-state index contributed by atoms with van der Waals surface area (Å²) < 4.78 is 2.65. The molecule has 0 unspecified atom stereocenters. The molecule has 7 heteroatoms. The first-order chi connectivity index (χ1) is 9.52. The van der Waals surface area contributed by atoms with Crippen LogP contribution in [0.25, 0.3) is 0 Å². The van der Waals surface area contributed by atoms with E-state index < -0.39 is 0 Å². The minimum atomic E-state index is -0.183. The summed E-state index contributed by atoms with van der Waals surface area (Å²) in [6, 6.07) is 6.13. The lowest BCUT2D eigenvalue weighted by Crippen LogP contribution is -2.19. The fraction of sp³-hybridized carbons (Fsp3) is 0.385. The fourth-order valence-electron chi connectivity index (χ4n) is 1.90. The van der Waals surface area contributed by atoms with Crippen molar-refractivity contribution < 1.29 is 0 Å². The Morgan fingerprint density at radius 1 is 1.50 bits per heavy atom. The molecule has 3 N–H and O–H groups in total. The van der Waals surface area contributed by atoms with Crippen LogP contribution in [0, 0.1) is 0 Å². The van der Waals surface area contributed by atoms with Crippen molar-refractivity contribution in [3.05, 3.63) is 38.7 Å². The zero-order chi connectivity index (χ0) is 14.7. The Morgan fingerprint density at radius 3 is 2.90 bits per heavy atom. The monoisotopic (exact) mass is 356 g/mol. The average Bonchev–Trinajstić information content (AvgIpc) is 2.74. The molecule has 0 saturated carbocycles. The number of rotatable bonds is 5. The Bertz CT molecular complexity index is 650. The van der Waals surface area contributed by atoms with Gasteiger partial charge in [0.1, 0.15) is 0 Å². The van der Waals surface area contributed by atoms with E-state index >= 15 is 0 Å². The average molecular weight is 357 g/mol. The number of aromatic amines is 1. The maximum atomic E-state index is 11.8. The first-order valence-electron chi connectivity index (χ1n) is 6.36. The van der Waals surface area contributed by atoms with E-state index in [9.17, 15) is 4.79 Å². The summed E-state index contributed by atoms with van der Waals surface area (Å²) in [4.78, 5) is 12.8. The minimum absolute atomic E-state index is 0.0638. The molecule has 0 bridgehead atoms. The van der Waals surface area contributed by atoms with Gasteiger partial charge in [-0.25, -0.2) is 9.89 Å². The molecule has 0 saturated heterocycles. The molecule has 0 aliphatic heterocycles. The molecule has 0 atom stereocenters. The van der Waals surface area contributed by atoms with E-state index in [4.69, 9.17) is 5.73 Å². The zero-order valence-corrected chi connectivity index (χ0v) is 13.8. The van der Waals surface area contributed by atoms with E-state index in [0.29, 0.717) is 11.7 Å². The smallest absolute Gasteiger partial charge is 0.330 e. The summed E-state index contributed by atoms with van der Waals surface area (Å²) in [6.45, 7) is 4.51. The minimum Gasteiger partial charge on any atom is -0.330 e. The van der Waals surface area contributed by atoms with Gasteiger partial charge in [0.05, 0.1) is 0 Å². The second kappa shape index (κ2) is 6.60. The van der Waals surface area contributed by atoms with Gasteiger partial charge in [0.25, 0.3) is 0 Å². The molecule has 5 nitrogen and oxygen atoms in total. The Labute approximate surface area is 130 Å². The molecule has 2 rings (SSSR count). The molecule has 108 valence electrons. The van der Waals surface area contributed by atoms with Crippen LogP contribution in [0.4, 0.5) is 0 Å². The summed E-state index contributed by atoms with van der Waals surface area (Å²) in [5.74, 6) is 0. The zero-order valence-electron chi connectivity index (χ0n) is 11.4. The number of nitrogens with two attached hydrogens (primary N) is 1. The van der Waals surface area contributed by atoms with Crippen molar-refractivity contribution in [3.63, 3.8) is 0 Å². The predicted octanol–water partition coefficient (Wildman–Crippen LogP) is 2.57. The highest BCUT2D eigenvalue weighted by Gasteiger charge is 2.14. The van der Waals surface area contributed by atoms with Gasteiger partial charge in [-0.05, 0) is 56.3 Å². The van der Waals surface area contributed by atoms with E-state index in [0.717, 1.165) is 21.4 Å². The standard InChI is InChI=1S/C13H17BrN4OS/c1-8(2)18-12(19)16-17-13(18)20-11-7-10(14)4-3-9(11)5-6-15/h3-4,7-8H,5-6,15H2,1-2H3,(H,16,19). The Kier molecular flexibility index (Phi) is 5.06. The number of nitrogens with one attached hydrogen (secondary N) is 1. The topological polar surface area (TPSA) is 76.7 Å². The van der Waals surface area contributed by atoms with Crippen LogP contribution >= 0.6 is 27.7 Å². The number of halogens is 1. The second-order valence-corrected chi connectivity index (χ2v) is 6.59. The van der Waals surface area contributed by atoms with Gasteiger partial charge in [-0.3, -0.25) is 4.57 Å². The van der Waals surface area contributed by atoms with E-state index in [1.165, 1.54) is 11.8 Å². The maximum Gasteiger partial charge on any atom is 0.344 e. The summed E-state index contributed by atoms with van der Waals surface area (Å²) in [6.07, 6.45) is 0.798. The number of hydrogen-bond acceptors (Lipinski definition) is 4. The van der Waals surface area contributed by atoms with Gasteiger partial charge in [-0.2, -0.15) is 0 Å². The van der Waals surface area contributed by atoms with Crippen LogP contribution in [-0.2, 0) is 6.42 Å². The predicted molar refractivity (Wildman–Crippen MR) is 84.3 cm³/mol. The van der Waals surface area contributed by atoms with Gasteiger partial charge in [0, 0.05) is 15.4 Å². The van der Waals surface area contributed by atoms with E-state index in [-0.39, 0.29) is 11.7 Å². The Balaban J connectivity index is 2.39. The van der Waals surface area contributed by atoms with Crippen molar-refractivity contribution in [1.29, 1.82) is 0 Å². The van der Waals surface area contributed by atoms with Crippen molar-refractivity contribution >= 4 is 27.7 Å². The van der Waals surface area contributed by atoms with Crippen LogP contribution < -0.4 is 11.4 Å². The molecule has 2 aromatic rings. The molecule has 0 spiro atoms. The molecule has 0 amide bonds. The molecule has 1 heterocycles. The molecular formula is C13H17BrN4OS. The van der Waals surface area contributed by atoms with Crippen molar-refractivity contribution in [3.8, 4) is 0 Å². The van der Waals surface area contributed by atoms with Crippen molar-refractivity contribution in [2.24, 2.45) is 5.73 Å². The van der Waals surface area contributed by atoms with Gasteiger partial charge < -0.3 is 5.73 Å². The summed E-state index contributed by atoms with van der Waals surface area (Å²) in [5, 5.41) is 7.28. The molecule has 0 aliphatic rings. The molecular weight excluding hydrogens is 340 g/mol. The molecule has 20 heavy (non-hydrogen) atoms. The van der Waals surface area contributed by atoms with Crippen LogP contribution in [0.2, 0.25) is 0 Å². The third-order valence-corrected chi connectivity index (χ3v) is 4.40. The summed E-state index contributed by atoms with van der Waals surface area (Å²) in [5.41, 5.74) is 6.62. The molecule has 1 aromatic carbocycles. The fourth-order valence-corrected chi connectivity index (χ4v) is 3.58. The number of aromatic nitrogens is 3. The third-order valence-electron chi connectivity index (χ3n) is 2.83. The first-order valence-corrected chi connectivity index (χ1v) is 7.97. The van der Waals surface area contributed by atoms with Gasteiger partial charge in [-0.1, -0.05) is 22.0 Å². The largest absolute Gasteiger partial charge is 0.344 e. The Hall–Kier alpha value is -1.05. The number of H-pyrrole nitrogens is 1. The highest BCUT2D eigenvalue weighted by molar-refractivity contribution is 9.10. The molecule has 1 aromatic heterocycles.